The highest BCUT2D eigenvalue weighted by atomic mass is 16.2. The predicted octanol–water partition coefficient (Wildman–Crippen LogP) is 3.36. The molecule has 0 radical (unpaired) electrons. The van der Waals surface area contributed by atoms with Crippen molar-refractivity contribution in [1.82, 2.24) is 5.32 Å². The van der Waals surface area contributed by atoms with Crippen LogP contribution < -0.4 is 16.4 Å². The number of hydrogen-bond donors (Lipinski definition) is 3. The van der Waals surface area contributed by atoms with Crippen molar-refractivity contribution in [2.24, 2.45) is 0 Å². The van der Waals surface area contributed by atoms with Gasteiger partial charge in [-0.3, -0.25) is 9.59 Å². The van der Waals surface area contributed by atoms with E-state index in [2.05, 4.69) is 10.6 Å². The summed E-state index contributed by atoms with van der Waals surface area (Å²) < 4.78 is 0. The van der Waals surface area contributed by atoms with Gasteiger partial charge in [0, 0.05) is 16.8 Å². The Morgan fingerprint density at radius 2 is 1.62 bits per heavy atom. The molecule has 0 aliphatic carbocycles. The van der Waals surface area contributed by atoms with Gasteiger partial charge >= 0.3 is 0 Å². The van der Waals surface area contributed by atoms with Crippen molar-refractivity contribution in [3.8, 4) is 0 Å². The van der Waals surface area contributed by atoms with Crippen LogP contribution in [0.5, 0.6) is 0 Å². The molecule has 0 saturated carbocycles. The van der Waals surface area contributed by atoms with Gasteiger partial charge in [-0.2, -0.15) is 0 Å². The maximum atomic E-state index is 12.5. The molecule has 0 saturated heterocycles. The van der Waals surface area contributed by atoms with Crippen molar-refractivity contribution >= 4 is 23.2 Å². The summed E-state index contributed by atoms with van der Waals surface area (Å²) in [5, 5.41) is 5.71. The maximum absolute atomic E-state index is 12.5. The van der Waals surface area contributed by atoms with Crippen LogP contribution in [0.3, 0.4) is 0 Å². The van der Waals surface area contributed by atoms with Crippen molar-refractivity contribution < 1.29 is 9.59 Å². The van der Waals surface area contributed by atoms with E-state index in [1.54, 1.807) is 42.5 Å². The summed E-state index contributed by atoms with van der Waals surface area (Å²) in [5.74, 6) is -0.529. The average Bonchev–Trinajstić information content (AvgIpc) is 2.48. The first-order valence-electron chi connectivity index (χ1n) is 7.76. The van der Waals surface area contributed by atoms with Crippen LogP contribution in [0.2, 0.25) is 0 Å². The number of anilines is 2. The number of aryl methyl sites for hydroxylation is 1. The molecule has 24 heavy (non-hydrogen) atoms. The number of carbonyl (C=O) groups excluding carboxylic acids is 2. The average molecular weight is 325 g/mol. The van der Waals surface area contributed by atoms with E-state index in [0.717, 1.165) is 5.56 Å². The number of para-hydroxylation sites is 1. The molecule has 2 aromatic carbocycles. The second-order valence-corrected chi connectivity index (χ2v) is 6.78. The third kappa shape index (κ3) is 4.35. The fourth-order valence-corrected chi connectivity index (χ4v) is 2.27. The first kappa shape index (κ1) is 17.5. The Kier molecular flexibility index (Phi) is 4.93. The number of nitrogen functional groups attached to an aromatic ring is 1. The molecule has 5 heteroatoms. The summed E-state index contributed by atoms with van der Waals surface area (Å²) in [7, 11) is 0. The minimum absolute atomic E-state index is 0.234. The lowest BCUT2D eigenvalue weighted by atomic mass is 10.1. The van der Waals surface area contributed by atoms with Gasteiger partial charge < -0.3 is 16.4 Å². The number of benzene rings is 2. The van der Waals surface area contributed by atoms with Crippen molar-refractivity contribution in [3.05, 3.63) is 59.2 Å². The molecule has 0 aromatic heterocycles. The quantitative estimate of drug-likeness (QED) is 0.757. The lowest BCUT2D eigenvalue weighted by molar-refractivity contribution is 0.0920. The zero-order chi connectivity index (χ0) is 17.9. The van der Waals surface area contributed by atoms with Gasteiger partial charge in [0.25, 0.3) is 11.8 Å². The van der Waals surface area contributed by atoms with E-state index in [1.165, 1.54) is 0 Å². The number of nitrogens with two attached hydrogens (primary N) is 1. The van der Waals surface area contributed by atoms with Gasteiger partial charge in [-0.25, -0.2) is 0 Å². The Hall–Kier alpha value is -2.82. The topological polar surface area (TPSA) is 84.2 Å². The minimum atomic E-state index is -0.362. The van der Waals surface area contributed by atoms with E-state index in [-0.39, 0.29) is 17.4 Å². The molecule has 2 amide bonds. The second-order valence-electron chi connectivity index (χ2n) is 6.78. The predicted molar refractivity (Wildman–Crippen MR) is 97.2 cm³/mol. The number of amides is 2. The molecule has 0 atom stereocenters. The van der Waals surface area contributed by atoms with E-state index >= 15 is 0 Å². The van der Waals surface area contributed by atoms with Crippen LogP contribution in [0, 0.1) is 6.92 Å². The monoisotopic (exact) mass is 325 g/mol. The molecular formula is C19H23N3O2. The SMILES string of the molecule is Cc1ccc(N)cc1C(=O)Nc1ccccc1C(=O)NC(C)(C)C. The van der Waals surface area contributed by atoms with Gasteiger partial charge in [0.1, 0.15) is 0 Å². The number of nitrogens with one attached hydrogen (secondary N) is 2. The van der Waals surface area contributed by atoms with Gasteiger partial charge in [-0.05, 0) is 57.5 Å². The largest absolute Gasteiger partial charge is 0.399 e. The van der Waals surface area contributed by atoms with Crippen LogP contribution in [0.25, 0.3) is 0 Å². The standard InChI is InChI=1S/C19H23N3O2/c1-12-9-10-13(20)11-15(12)17(23)21-16-8-6-5-7-14(16)18(24)22-19(2,3)4/h5-11H,20H2,1-4H3,(H,21,23)(H,22,24). The van der Waals surface area contributed by atoms with Crippen LogP contribution in [-0.4, -0.2) is 17.4 Å². The molecule has 0 aliphatic heterocycles. The molecule has 2 rings (SSSR count). The zero-order valence-electron chi connectivity index (χ0n) is 14.4. The fraction of sp³-hybridized carbons (Fsp3) is 0.263. The molecule has 2 aromatic rings. The third-order valence-electron chi connectivity index (χ3n) is 3.41. The lowest BCUT2D eigenvalue weighted by Gasteiger charge is -2.21. The molecule has 0 unspecified atom stereocenters. The van der Waals surface area contributed by atoms with Crippen molar-refractivity contribution in [2.45, 2.75) is 33.2 Å². The van der Waals surface area contributed by atoms with Crippen LogP contribution >= 0.6 is 0 Å². The molecule has 5 nitrogen and oxygen atoms in total. The highest BCUT2D eigenvalue weighted by Crippen LogP contribution is 2.19. The highest BCUT2D eigenvalue weighted by molar-refractivity contribution is 6.10. The smallest absolute Gasteiger partial charge is 0.256 e. The normalized spacial score (nSPS) is 11.0. The van der Waals surface area contributed by atoms with Gasteiger partial charge in [0.2, 0.25) is 0 Å². The van der Waals surface area contributed by atoms with Crippen molar-refractivity contribution in [3.63, 3.8) is 0 Å². The van der Waals surface area contributed by atoms with Crippen molar-refractivity contribution in [2.75, 3.05) is 11.1 Å². The molecule has 0 fully saturated rings. The van der Waals surface area contributed by atoms with Crippen LogP contribution in [0.15, 0.2) is 42.5 Å². The van der Waals surface area contributed by atoms with Crippen LogP contribution in [0.1, 0.15) is 47.1 Å². The molecule has 0 aliphatic rings. The molecular weight excluding hydrogens is 302 g/mol. The lowest BCUT2D eigenvalue weighted by Crippen LogP contribution is -2.40. The van der Waals surface area contributed by atoms with Gasteiger partial charge in [0.15, 0.2) is 0 Å². The molecule has 0 bridgehead atoms. The third-order valence-corrected chi connectivity index (χ3v) is 3.41. The first-order chi connectivity index (χ1) is 11.2. The van der Waals surface area contributed by atoms with Gasteiger partial charge in [0.05, 0.1) is 11.3 Å². The van der Waals surface area contributed by atoms with Gasteiger partial charge in [-0.15, -0.1) is 0 Å². The Bertz CT molecular complexity index is 776. The van der Waals surface area contributed by atoms with E-state index in [1.807, 2.05) is 27.7 Å². The van der Waals surface area contributed by atoms with Gasteiger partial charge in [-0.1, -0.05) is 18.2 Å². The first-order valence-corrected chi connectivity index (χ1v) is 7.76. The Morgan fingerprint density at radius 3 is 2.29 bits per heavy atom. The molecule has 4 N–H and O–H groups in total. The van der Waals surface area contributed by atoms with E-state index in [4.69, 9.17) is 5.73 Å². The van der Waals surface area contributed by atoms with Crippen LogP contribution in [0.4, 0.5) is 11.4 Å². The maximum Gasteiger partial charge on any atom is 0.256 e. The summed E-state index contributed by atoms with van der Waals surface area (Å²) in [5.41, 5.74) is 8.11. The summed E-state index contributed by atoms with van der Waals surface area (Å²) in [6.07, 6.45) is 0. The van der Waals surface area contributed by atoms with E-state index in [0.29, 0.717) is 22.5 Å². The summed E-state index contributed by atoms with van der Waals surface area (Å²) >= 11 is 0. The minimum Gasteiger partial charge on any atom is -0.399 e. The number of hydrogen-bond acceptors (Lipinski definition) is 3. The second kappa shape index (κ2) is 6.74. The summed E-state index contributed by atoms with van der Waals surface area (Å²) in [6, 6.07) is 12.1. The summed E-state index contributed by atoms with van der Waals surface area (Å²) in [4.78, 5) is 25.0. The Labute approximate surface area is 142 Å². The highest BCUT2D eigenvalue weighted by Gasteiger charge is 2.19. The Morgan fingerprint density at radius 1 is 0.958 bits per heavy atom. The van der Waals surface area contributed by atoms with E-state index in [9.17, 15) is 9.59 Å². The molecule has 0 heterocycles. The molecule has 126 valence electrons. The number of rotatable bonds is 3. The molecule has 0 spiro atoms. The Balaban J connectivity index is 2.29. The van der Waals surface area contributed by atoms with E-state index < -0.39 is 0 Å². The zero-order valence-corrected chi connectivity index (χ0v) is 14.4. The number of carbonyl (C=O) groups is 2. The summed E-state index contributed by atoms with van der Waals surface area (Å²) in [6.45, 7) is 7.55. The fourth-order valence-electron chi connectivity index (χ4n) is 2.27. The van der Waals surface area contributed by atoms with Crippen molar-refractivity contribution in [1.29, 1.82) is 0 Å². The van der Waals surface area contributed by atoms with Crippen LogP contribution in [-0.2, 0) is 0 Å².